The van der Waals surface area contributed by atoms with Crippen molar-refractivity contribution in [2.45, 2.75) is 63.6 Å². The summed E-state index contributed by atoms with van der Waals surface area (Å²) >= 11 is 0. The summed E-state index contributed by atoms with van der Waals surface area (Å²) in [7, 11) is -4.34. The van der Waals surface area contributed by atoms with E-state index in [0.717, 1.165) is 17.1 Å². The van der Waals surface area contributed by atoms with E-state index < -0.39 is 74.8 Å². The SMILES string of the molecule is CC(C)OC(=O)[C@H](C)N[P@](=O)(OC[C@H]1O[C@@H](n2cncc2-c2cc(C(F)(F)F)nc(N)n2)[C@@H](O)C1O)Oc1ccccc1. The van der Waals surface area contributed by atoms with Crippen LogP contribution in [0.2, 0.25) is 0 Å². The number of hydrogen-bond donors (Lipinski definition) is 4. The molecule has 4 rings (SSSR count). The van der Waals surface area contributed by atoms with Gasteiger partial charge in [0.1, 0.15) is 30.1 Å². The Labute approximate surface area is 243 Å². The van der Waals surface area contributed by atoms with Crippen molar-refractivity contribution >= 4 is 19.7 Å². The van der Waals surface area contributed by atoms with Crippen LogP contribution in [0.1, 0.15) is 32.7 Å². The van der Waals surface area contributed by atoms with E-state index in [9.17, 15) is 32.7 Å². The number of rotatable bonds is 11. The molecule has 5 N–H and O–H groups in total. The summed E-state index contributed by atoms with van der Waals surface area (Å²) in [6, 6.07) is 7.44. The number of ether oxygens (including phenoxy) is 2. The van der Waals surface area contributed by atoms with Gasteiger partial charge in [0.2, 0.25) is 5.95 Å². The average Bonchev–Trinajstić information content (AvgIpc) is 3.51. The molecule has 1 aliphatic rings. The summed E-state index contributed by atoms with van der Waals surface area (Å²) in [5, 5.41) is 24.0. The number of nitrogen functional groups attached to an aromatic ring is 1. The number of esters is 1. The van der Waals surface area contributed by atoms with Crippen LogP contribution in [0.15, 0.2) is 48.9 Å². The molecule has 0 radical (unpaired) electrons. The van der Waals surface area contributed by atoms with Crippen LogP contribution in [0.4, 0.5) is 19.1 Å². The minimum Gasteiger partial charge on any atom is -0.462 e. The highest BCUT2D eigenvalue weighted by Gasteiger charge is 2.46. The molecule has 6 atom stereocenters. The number of aromatic nitrogens is 4. The van der Waals surface area contributed by atoms with Crippen LogP contribution in [0, 0.1) is 0 Å². The molecule has 0 amide bonds. The van der Waals surface area contributed by atoms with Gasteiger partial charge in [-0.2, -0.15) is 18.3 Å². The van der Waals surface area contributed by atoms with E-state index in [1.807, 2.05) is 0 Å². The summed E-state index contributed by atoms with van der Waals surface area (Å²) in [5.74, 6) is -1.24. The Balaban J connectivity index is 1.54. The number of nitrogens with one attached hydrogen (secondary N) is 1. The van der Waals surface area contributed by atoms with Crippen LogP contribution in [0.25, 0.3) is 11.4 Å². The minimum atomic E-state index is -4.81. The van der Waals surface area contributed by atoms with Gasteiger partial charge >= 0.3 is 19.9 Å². The second kappa shape index (κ2) is 13.0. The molecule has 3 aromatic rings. The van der Waals surface area contributed by atoms with E-state index in [-0.39, 0.29) is 17.1 Å². The lowest BCUT2D eigenvalue weighted by atomic mass is 10.1. The Hall–Kier alpha value is -3.60. The fourth-order valence-corrected chi connectivity index (χ4v) is 5.55. The monoisotopic (exact) mass is 630 g/mol. The number of carbonyl (C=O) groups is 1. The van der Waals surface area contributed by atoms with Gasteiger partial charge in [0, 0.05) is 0 Å². The Bertz CT molecular complexity index is 1460. The zero-order valence-electron chi connectivity index (χ0n) is 23.1. The molecule has 0 saturated carbocycles. The topological polar surface area (TPSA) is 193 Å². The zero-order chi connectivity index (χ0) is 31.5. The molecule has 3 heterocycles. The number of imidazole rings is 1. The fourth-order valence-electron chi connectivity index (χ4n) is 4.05. The zero-order valence-corrected chi connectivity index (χ0v) is 24.0. The summed E-state index contributed by atoms with van der Waals surface area (Å²) in [6.07, 6.45) is -8.89. The van der Waals surface area contributed by atoms with Gasteiger partial charge in [-0.1, -0.05) is 18.2 Å². The number of benzene rings is 1. The van der Waals surface area contributed by atoms with E-state index in [2.05, 4.69) is 20.0 Å². The quantitative estimate of drug-likeness (QED) is 0.179. The van der Waals surface area contributed by atoms with Crippen molar-refractivity contribution in [3.8, 4) is 17.1 Å². The third kappa shape index (κ3) is 7.87. The van der Waals surface area contributed by atoms with Crippen LogP contribution in [-0.2, 0) is 29.5 Å². The standard InChI is InChI=1S/C25H30F3N6O8P/c1-13(2)40-23(37)14(3)33-43(38,42-15-7-5-4-6-8-15)39-11-18-20(35)21(36)22(41-18)34-12-30-10-17(34)16-9-19(25(26,27)28)32-24(29)31-16/h4-10,12-14,18,20-22,35-36H,11H2,1-3H3,(H,33,38)(H2,29,31,32)/t14-,18+,20?,21-,22+,43-/m0/s1. The van der Waals surface area contributed by atoms with E-state index >= 15 is 0 Å². The van der Waals surface area contributed by atoms with Gasteiger partial charge in [-0.3, -0.25) is 13.9 Å². The molecule has 1 fully saturated rings. The fraction of sp³-hybridized carbons (Fsp3) is 0.440. The van der Waals surface area contributed by atoms with Gasteiger partial charge in [-0.05, 0) is 39.0 Å². The van der Waals surface area contributed by atoms with Crippen molar-refractivity contribution < 1.29 is 51.3 Å². The van der Waals surface area contributed by atoms with Crippen molar-refractivity contribution in [2.75, 3.05) is 12.3 Å². The molecular formula is C25H30F3N6O8P. The van der Waals surface area contributed by atoms with Crippen LogP contribution >= 0.6 is 7.75 Å². The molecule has 2 aromatic heterocycles. The molecule has 1 aliphatic heterocycles. The third-order valence-corrected chi connectivity index (χ3v) is 7.65. The molecular weight excluding hydrogens is 600 g/mol. The predicted octanol–water partition coefficient (Wildman–Crippen LogP) is 2.69. The van der Waals surface area contributed by atoms with Crippen LogP contribution in [0.5, 0.6) is 5.75 Å². The maximum atomic E-state index is 13.7. The number of halogens is 3. The number of aliphatic hydroxyl groups is 2. The average molecular weight is 631 g/mol. The van der Waals surface area contributed by atoms with Gasteiger partial charge in [0.05, 0.1) is 36.6 Å². The summed E-state index contributed by atoms with van der Waals surface area (Å²) in [6.45, 7) is 4.06. The number of nitrogens with zero attached hydrogens (tertiary/aromatic N) is 4. The first-order chi connectivity index (χ1) is 20.2. The molecule has 0 bridgehead atoms. The van der Waals surface area contributed by atoms with Gasteiger partial charge < -0.3 is 29.9 Å². The minimum absolute atomic E-state index is 0.0327. The maximum Gasteiger partial charge on any atom is 0.459 e. The molecule has 1 aromatic carbocycles. The summed E-state index contributed by atoms with van der Waals surface area (Å²) in [4.78, 5) is 23.3. The highest BCUT2D eigenvalue weighted by Crippen LogP contribution is 2.46. The van der Waals surface area contributed by atoms with Crippen LogP contribution < -0.4 is 15.3 Å². The third-order valence-electron chi connectivity index (χ3n) is 6.01. The van der Waals surface area contributed by atoms with Gasteiger partial charge in [-0.15, -0.1) is 0 Å². The first-order valence-corrected chi connectivity index (χ1v) is 14.4. The van der Waals surface area contributed by atoms with Crippen molar-refractivity contribution in [3.63, 3.8) is 0 Å². The normalized spacial score (nSPS) is 22.7. The number of carbonyl (C=O) groups excluding carboxylic acids is 1. The van der Waals surface area contributed by atoms with Crippen LogP contribution in [0.3, 0.4) is 0 Å². The molecule has 18 heteroatoms. The van der Waals surface area contributed by atoms with Crippen molar-refractivity contribution in [1.82, 2.24) is 24.6 Å². The molecule has 1 unspecified atom stereocenters. The predicted molar refractivity (Wildman–Crippen MR) is 143 cm³/mol. The molecule has 0 spiro atoms. The largest absolute Gasteiger partial charge is 0.462 e. The Kier molecular flexibility index (Phi) is 9.73. The van der Waals surface area contributed by atoms with Crippen molar-refractivity contribution in [3.05, 3.63) is 54.6 Å². The first-order valence-electron chi connectivity index (χ1n) is 12.9. The molecule has 0 aliphatic carbocycles. The number of hydrogen-bond acceptors (Lipinski definition) is 12. The number of aliphatic hydroxyl groups excluding tert-OH is 2. The maximum absolute atomic E-state index is 13.7. The smallest absolute Gasteiger partial charge is 0.459 e. The van der Waals surface area contributed by atoms with Gasteiger partial charge in [-0.25, -0.2) is 19.5 Å². The summed E-state index contributed by atoms with van der Waals surface area (Å²) < 4.78 is 76.8. The van der Waals surface area contributed by atoms with E-state index in [1.54, 1.807) is 32.0 Å². The first kappa shape index (κ1) is 32.3. The van der Waals surface area contributed by atoms with Gasteiger partial charge in [0.25, 0.3) is 0 Å². The lowest BCUT2D eigenvalue weighted by Crippen LogP contribution is -2.38. The summed E-state index contributed by atoms with van der Waals surface area (Å²) in [5.41, 5.74) is 3.89. The molecule has 234 valence electrons. The lowest BCUT2D eigenvalue weighted by molar-refractivity contribution is -0.149. The molecule has 43 heavy (non-hydrogen) atoms. The number of anilines is 1. The lowest BCUT2D eigenvalue weighted by Gasteiger charge is -2.25. The van der Waals surface area contributed by atoms with E-state index in [1.165, 1.54) is 19.1 Å². The number of nitrogens with two attached hydrogens (primary N) is 1. The second-order valence-corrected chi connectivity index (χ2v) is 11.5. The molecule has 14 nitrogen and oxygen atoms in total. The second-order valence-electron chi connectivity index (χ2n) is 9.76. The highest BCUT2D eigenvalue weighted by atomic mass is 31.2. The molecule has 1 saturated heterocycles. The highest BCUT2D eigenvalue weighted by molar-refractivity contribution is 7.52. The Morgan fingerprint density at radius 1 is 1.19 bits per heavy atom. The van der Waals surface area contributed by atoms with Crippen molar-refractivity contribution in [1.29, 1.82) is 0 Å². The number of alkyl halides is 3. The van der Waals surface area contributed by atoms with Gasteiger partial charge in [0.15, 0.2) is 11.9 Å². The van der Waals surface area contributed by atoms with Crippen LogP contribution in [-0.4, -0.2) is 72.8 Å². The van der Waals surface area contributed by atoms with Crippen molar-refractivity contribution in [2.24, 2.45) is 0 Å². The van der Waals surface area contributed by atoms with E-state index in [4.69, 9.17) is 24.3 Å². The Morgan fingerprint density at radius 2 is 1.88 bits per heavy atom. The Morgan fingerprint density at radius 3 is 2.53 bits per heavy atom. The van der Waals surface area contributed by atoms with E-state index in [0.29, 0.717) is 6.07 Å². The number of para-hydroxylation sites is 1.